The van der Waals surface area contributed by atoms with Crippen LogP contribution < -0.4 is 5.32 Å². The Balaban J connectivity index is 1.53. The van der Waals surface area contributed by atoms with Crippen molar-refractivity contribution in [3.63, 3.8) is 0 Å². The molecule has 3 heterocycles. The third-order valence-corrected chi connectivity index (χ3v) is 4.21. The van der Waals surface area contributed by atoms with Gasteiger partial charge < -0.3 is 9.88 Å². The summed E-state index contributed by atoms with van der Waals surface area (Å²) in [5.74, 6) is -0.213. The van der Waals surface area contributed by atoms with Crippen molar-refractivity contribution in [1.29, 1.82) is 0 Å². The minimum atomic E-state index is -0.213. The Labute approximate surface area is 150 Å². The van der Waals surface area contributed by atoms with Gasteiger partial charge in [0.15, 0.2) is 5.65 Å². The molecule has 4 rings (SSSR count). The van der Waals surface area contributed by atoms with E-state index in [1.165, 1.54) is 0 Å². The Bertz CT molecular complexity index is 1050. The summed E-state index contributed by atoms with van der Waals surface area (Å²) in [6.45, 7) is 4.13. The van der Waals surface area contributed by atoms with E-state index in [9.17, 15) is 4.79 Å². The van der Waals surface area contributed by atoms with Crippen LogP contribution >= 0.6 is 0 Å². The summed E-state index contributed by atoms with van der Waals surface area (Å²) in [7, 11) is 0. The molecule has 0 bridgehead atoms. The SMILES string of the molecule is CC(C)n1cnc2cc(C(=O)Nc3ccc(-c4cn[nH]c4)cc3)cnc21. The Kier molecular flexibility index (Phi) is 3.96. The van der Waals surface area contributed by atoms with E-state index in [2.05, 4.69) is 39.3 Å². The van der Waals surface area contributed by atoms with Crippen molar-refractivity contribution in [3.8, 4) is 11.1 Å². The standard InChI is InChI=1S/C19H18N6O/c1-12(2)25-11-21-17-7-14(8-20-18(17)25)19(26)24-16-5-3-13(4-6-16)15-9-22-23-10-15/h3-12H,1-2H3,(H,22,23)(H,24,26). The minimum Gasteiger partial charge on any atom is -0.322 e. The zero-order valence-electron chi connectivity index (χ0n) is 14.5. The van der Waals surface area contributed by atoms with Crippen molar-refractivity contribution in [1.82, 2.24) is 24.7 Å². The van der Waals surface area contributed by atoms with E-state index in [0.717, 1.165) is 22.5 Å². The zero-order valence-corrected chi connectivity index (χ0v) is 14.5. The summed E-state index contributed by atoms with van der Waals surface area (Å²) in [6, 6.07) is 9.62. The molecule has 1 amide bonds. The molecule has 7 nitrogen and oxygen atoms in total. The van der Waals surface area contributed by atoms with Crippen LogP contribution in [-0.4, -0.2) is 30.6 Å². The molecule has 0 spiro atoms. The first-order valence-electron chi connectivity index (χ1n) is 8.35. The maximum atomic E-state index is 12.5. The van der Waals surface area contributed by atoms with Crippen LogP contribution in [0.4, 0.5) is 5.69 Å². The van der Waals surface area contributed by atoms with Gasteiger partial charge in [0.1, 0.15) is 5.52 Å². The number of carbonyl (C=O) groups is 1. The molecule has 26 heavy (non-hydrogen) atoms. The Morgan fingerprint density at radius 1 is 1.12 bits per heavy atom. The maximum absolute atomic E-state index is 12.5. The molecule has 4 aromatic rings. The largest absolute Gasteiger partial charge is 0.322 e. The molecule has 0 saturated heterocycles. The molecule has 130 valence electrons. The van der Waals surface area contributed by atoms with Gasteiger partial charge in [0.2, 0.25) is 0 Å². The van der Waals surface area contributed by atoms with Crippen LogP contribution in [0, 0.1) is 0 Å². The first-order valence-corrected chi connectivity index (χ1v) is 8.35. The normalized spacial score (nSPS) is 11.2. The number of H-pyrrole nitrogens is 1. The quantitative estimate of drug-likeness (QED) is 0.590. The van der Waals surface area contributed by atoms with Crippen LogP contribution in [0.25, 0.3) is 22.3 Å². The fourth-order valence-corrected chi connectivity index (χ4v) is 2.78. The smallest absolute Gasteiger partial charge is 0.257 e. The number of imidazole rings is 1. The van der Waals surface area contributed by atoms with Crippen LogP contribution in [0.1, 0.15) is 30.2 Å². The van der Waals surface area contributed by atoms with Crippen molar-refractivity contribution in [2.45, 2.75) is 19.9 Å². The number of fused-ring (bicyclic) bond motifs is 1. The summed E-state index contributed by atoms with van der Waals surface area (Å²) in [6.07, 6.45) is 6.91. The second-order valence-corrected chi connectivity index (χ2v) is 6.33. The number of nitrogens with zero attached hydrogens (tertiary/aromatic N) is 4. The summed E-state index contributed by atoms with van der Waals surface area (Å²) in [5, 5.41) is 9.61. The monoisotopic (exact) mass is 346 g/mol. The molecule has 0 radical (unpaired) electrons. The Hall–Kier alpha value is -3.48. The average molecular weight is 346 g/mol. The average Bonchev–Trinajstić information content (AvgIpc) is 3.31. The van der Waals surface area contributed by atoms with Gasteiger partial charge in [0, 0.05) is 29.7 Å². The minimum absolute atomic E-state index is 0.213. The van der Waals surface area contributed by atoms with Crippen LogP contribution in [0.5, 0.6) is 0 Å². The van der Waals surface area contributed by atoms with Crippen molar-refractivity contribution in [2.24, 2.45) is 0 Å². The van der Waals surface area contributed by atoms with Gasteiger partial charge in [-0.15, -0.1) is 0 Å². The second-order valence-electron chi connectivity index (χ2n) is 6.33. The van der Waals surface area contributed by atoms with E-state index in [4.69, 9.17) is 0 Å². The van der Waals surface area contributed by atoms with Crippen LogP contribution in [-0.2, 0) is 0 Å². The van der Waals surface area contributed by atoms with E-state index in [1.54, 1.807) is 24.8 Å². The number of anilines is 1. The first-order chi connectivity index (χ1) is 12.6. The lowest BCUT2D eigenvalue weighted by Gasteiger charge is -2.08. The molecule has 0 fully saturated rings. The molecule has 0 unspecified atom stereocenters. The van der Waals surface area contributed by atoms with Crippen LogP contribution in [0.3, 0.4) is 0 Å². The number of amides is 1. The zero-order chi connectivity index (χ0) is 18.1. The van der Waals surface area contributed by atoms with Gasteiger partial charge in [0.05, 0.1) is 18.1 Å². The van der Waals surface area contributed by atoms with Gasteiger partial charge >= 0.3 is 0 Å². The number of rotatable bonds is 4. The number of nitrogens with one attached hydrogen (secondary N) is 2. The number of benzene rings is 1. The third-order valence-electron chi connectivity index (χ3n) is 4.21. The molecular weight excluding hydrogens is 328 g/mol. The molecule has 0 aliphatic rings. The van der Waals surface area contributed by atoms with Gasteiger partial charge in [-0.25, -0.2) is 9.97 Å². The highest BCUT2D eigenvalue weighted by Crippen LogP contribution is 2.21. The summed E-state index contributed by atoms with van der Waals surface area (Å²) in [4.78, 5) is 21.3. The fraction of sp³-hybridized carbons (Fsp3) is 0.158. The maximum Gasteiger partial charge on any atom is 0.257 e. The number of carbonyl (C=O) groups excluding carboxylic acids is 1. The van der Waals surface area contributed by atoms with E-state index in [1.807, 2.05) is 35.0 Å². The van der Waals surface area contributed by atoms with Crippen molar-refractivity contribution in [3.05, 3.63) is 60.8 Å². The van der Waals surface area contributed by atoms with Crippen molar-refractivity contribution >= 4 is 22.8 Å². The Morgan fingerprint density at radius 2 is 1.92 bits per heavy atom. The fourth-order valence-electron chi connectivity index (χ4n) is 2.78. The molecule has 2 N–H and O–H groups in total. The topological polar surface area (TPSA) is 88.5 Å². The molecule has 7 heteroatoms. The molecule has 0 saturated carbocycles. The number of pyridine rings is 1. The summed E-state index contributed by atoms with van der Waals surface area (Å²) >= 11 is 0. The van der Waals surface area contributed by atoms with Gasteiger partial charge in [-0.2, -0.15) is 5.10 Å². The molecule has 3 aromatic heterocycles. The molecular formula is C19H18N6O. The van der Waals surface area contributed by atoms with Gasteiger partial charge in [-0.1, -0.05) is 12.1 Å². The summed E-state index contributed by atoms with van der Waals surface area (Å²) < 4.78 is 1.98. The highest BCUT2D eigenvalue weighted by Gasteiger charge is 2.12. The van der Waals surface area contributed by atoms with Gasteiger partial charge in [0.25, 0.3) is 5.91 Å². The Morgan fingerprint density at radius 3 is 2.62 bits per heavy atom. The number of aromatic nitrogens is 5. The van der Waals surface area contributed by atoms with Crippen molar-refractivity contribution in [2.75, 3.05) is 5.32 Å². The molecule has 0 aliphatic carbocycles. The lowest BCUT2D eigenvalue weighted by molar-refractivity contribution is 0.102. The second kappa shape index (κ2) is 6.44. The van der Waals surface area contributed by atoms with Crippen molar-refractivity contribution < 1.29 is 4.79 Å². The third kappa shape index (κ3) is 2.95. The van der Waals surface area contributed by atoms with E-state index in [0.29, 0.717) is 11.1 Å². The first kappa shape index (κ1) is 16.0. The molecule has 1 aromatic carbocycles. The van der Waals surface area contributed by atoms with Crippen LogP contribution in [0.2, 0.25) is 0 Å². The van der Waals surface area contributed by atoms with Crippen LogP contribution in [0.15, 0.2) is 55.2 Å². The number of hydrogen-bond donors (Lipinski definition) is 2. The predicted octanol–water partition coefficient (Wildman–Crippen LogP) is 3.65. The number of aromatic amines is 1. The lowest BCUT2D eigenvalue weighted by atomic mass is 10.1. The molecule has 0 aliphatic heterocycles. The highest BCUT2D eigenvalue weighted by atomic mass is 16.1. The summed E-state index contributed by atoms with van der Waals surface area (Å²) in [5.41, 5.74) is 4.71. The predicted molar refractivity (Wildman–Crippen MR) is 99.9 cm³/mol. The van der Waals surface area contributed by atoms with E-state index >= 15 is 0 Å². The lowest BCUT2D eigenvalue weighted by Crippen LogP contribution is -2.12. The van der Waals surface area contributed by atoms with E-state index < -0.39 is 0 Å². The number of hydrogen-bond acceptors (Lipinski definition) is 4. The highest BCUT2D eigenvalue weighted by molar-refractivity contribution is 6.05. The van der Waals surface area contributed by atoms with E-state index in [-0.39, 0.29) is 11.9 Å². The molecule has 0 atom stereocenters. The van der Waals surface area contributed by atoms with Gasteiger partial charge in [-0.05, 0) is 37.6 Å². The van der Waals surface area contributed by atoms with Gasteiger partial charge in [-0.3, -0.25) is 9.89 Å².